The van der Waals surface area contributed by atoms with Gasteiger partial charge in [-0.15, -0.1) is 11.3 Å². The number of amides is 2. The van der Waals surface area contributed by atoms with E-state index in [1.807, 2.05) is 0 Å². The first kappa shape index (κ1) is 22.1. The number of benzene rings is 1. The first-order valence-corrected chi connectivity index (χ1v) is 9.61. The standard InChI is InChI=1S/C20H22N2O6S/c1-12(19(25)17-9-8-14(29-17)10-21-13(2)23)28-18(24)11-22-20(26)15-6-4-5-7-16(15)27-3/h4-9,12H,10-11H2,1-3H3,(H,21,23)(H,22,26). The van der Waals surface area contributed by atoms with Gasteiger partial charge in [-0.05, 0) is 31.2 Å². The van der Waals surface area contributed by atoms with Gasteiger partial charge in [0.1, 0.15) is 12.3 Å². The highest BCUT2D eigenvalue weighted by molar-refractivity contribution is 7.14. The van der Waals surface area contributed by atoms with Gasteiger partial charge >= 0.3 is 5.97 Å². The number of thiophene rings is 1. The molecule has 0 spiro atoms. The molecule has 29 heavy (non-hydrogen) atoms. The minimum atomic E-state index is -1.00. The van der Waals surface area contributed by atoms with Gasteiger partial charge < -0.3 is 20.1 Å². The Balaban J connectivity index is 1.86. The lowest BCUT2D eigenvalue weighted by Gasteiger charge is -2.12. The van der Waals surface area contributed by atoms with Crippen LogP contribution in [0, 0.1) is 0 Å². The van der Waals surface area contributed by atoms with Crippen LogP contribution in [-0.2, 0) is 20.9 Å². The van der Waals surface area contributed by atoms with Gasteiger partial charge in [-0.25, -0.2) is 0 Å². The second-order valence-corrected chi connectivity index (χ2v) is 7.22. The number of carbonyl (C=O) groups excluding carboxylic acids is 4. The van der Waals surface area contributed by atoms with Gasteiger partial charge in [-0.3, -0.25) is 19.2 Å². The quantitative estimate of drug-likeness (QED) is 0.476. The average Bonchev–Trinajstić information content (AvgIpc) is 3.18. The second-order valence-electron chi connectivity index (χ2n) is 6.05. The first-order valence-electron chi connectivity index (χ1n) is 8.80. The Morgan fingerprint density at radius 2 is 1.79 bits per heavy atom. The van der Waals surface area contributed by atoms with Crippen LogP contribution in [0.2, 0.25) is 0 Å². The Hall–Kier alpha value is -3.20. The normalized spacial score (nSPS) is 11.3. The van der Waals surface area contributed by atoms with E-state index in [2.05, 4.69) is 10.6 Å². The maximum Gasteiger partial charge on any atom is 0.326 e. The highest BCUT2D eigenvalue weighted by atomic mass is 32.1. The molecule has 1 heterocycles. The van der Waals surface area contributed by atoms with Crippen molar-refractivity contribution in [2.24, 2.45) is 0 Å². The van der Waals surface area contributed by atoms with Gasteiger partial charge in [0, 0.05) is 11.8 Å². The minimum Gasteiger partial charge on any atom is -0.496 e. The van der Waals surface area contributed by atoms with E-state index >= 15 is 0 Å². The van der Waals surface area contributed by atoms with Gasteiger partial charge in [-0.2, -0.15) is 0 Å². The van der Waals surface area contributed by atoms with Crippen molar-refractivity contribution in [1.29, 1.82) is 0 Å². The van der Waals surface area contributed by atoms with E-state index in [1.54, 1.807) is 36.4 Å². The SMILES string of the molecule is COc1ccccc1C(=O)NCC(=O)OC(C)C(=O)c1ccc(CNC(C)=O)s1. The summed E-state index contributed by atoms with van der Waals surface area (Å²) in [7, 11) is 1.44. The zero-order valence-corrected chi connectivity index (χ0v) is 17.1. The second kappa shape index (κ2) is 10.4. The molecule has 154 valence electrons. The summed E-state index contributed by atoms with van der Waals surface area (Å²) in [6.07, 6.45) is -1.00. The zero-order chi connectivity index (χ0) is 21.4. The summed E-state index contributed by atoms with van der Waals surface area (Å²) in [5.74, 6) is -1.35. The summed E-state index contributed by atoms with van der Waals surface area (Å²) >= 11 is 1.22. The molecule has 0 aliphatic rings. The van der Waals surface area contributed by atoms with Gasteiger partial charge in [0.05, 0.1) is 24.1 Å². The van der Waals surface area contributed by atoms with Gasteiger partial charge in [0.25, 0.3) is 5.91 Å². The summed E-state index contributed by atoms with van der Waals surface area (Å²) in [5, 5.41) is 5.10. The largest absolute Gasteiger partial charge is 0.496 e. The molecule has 0 fully saturated rings. The number of Topliss-reactive ketones (excluding diaryl/α,β-unsaturated/α-hetero) is 1. The molecule has 9 heteroatoms. The van der Waals surface area contributed by atoms with E-state index in [1.165, 1.54) is 32.3 Å². The van der Waals surface area contributed by atoms with Crippen LogP contribution in [-0.4, -0.2) is 43.3 Å². The third kappa shape index (κ3) is 6.42. The molecule has 8 nitrogen and oxygen atoms in total. The molecule has 0 radical (unpaired) electrons. The third-order valence-electron chi connectivity index (χ3n) is 3.84. The fourth-order valence-corrected chi connectivity index (χ4v) is 3.36. The summed E-state index contributed by atoms with van der Waals surface area (Å²) in [4.78, 5) is 48.8. The molecule has 1 unspecified atom stereocenters. The monoisotopic (exact) mass is 418 g/mol. The molecule has 0 bridgehead atoms. The Labute approximate surface area is 172 Å². The molecule has 0 saturated heterocycles. The van der Waals surface area contributed by atoms with Gasteiger partial charge in [0.15, 0.2) is 6.10 Å². The maximum absolute atomic E-state index is 12.4. The van der Waals surface area contributed by atoms with E-state index in [0.717, 1.165) is 4.88 Å². The van der Waals surface area contributed by atoms with E-state index in [4.69, 9.17) is 9.47 Å². The maximum atomic E-state index is 12.4. The number of methoxy groups -OCH3 is 1. The van der Waals surface area contributed by atoms with E-state index < -0.39 is 18.0 Å². The highest BCUT2D eigenvalue weighted by Crippen LogP contribution is 2.19. The van der Waals surface area contributed by atoms with E-state index in [9.17, 15) is 19.2 Å². The number of rotatable bonds is 9. The molecule has 2 amide bonds. The topological polar surface area (TPSA) is 111 Å². The van der Waals surface area contributed by atoms with Crippen molar-refractivity contribution < 1.29 is 28.7 Å². The average molecular weight is 418 g/mol. The number of hydrogen-bond acceptors (Lipinski definition) is 7. The predicted octanol–water partition coefficient (Wildman–Crippen LogP) is 1.94. The van der Waals surface area contributed by atoms with Gasteiger partial charge in [0.2, 0.25) is 11.7 Å². The minimum absolute atomic E-state index is 0.163. The first-order chi connectivity index (χ1) is 13.8. The van der Waals surface area contributed by atoms with Crippen molar-refractivity contribution in [3.05, 3.63) is 51.7 Å². The number of para-hydroxylation sites is 1. The molecule has 1 aromatic carbocycles. The summed E-state index contributed by atoms with van der Waals surface area (Å²) < 4.78 is 10.2. The lowest BCUT2D eigenvalue weighted by atomic mass is 10.2. The molecule has 2 rings (SSSR count). The molecule has 1 atom stereocenters. The molecule has 1 aromatic heterocycles. The Kier molecular flexibility index (Phi) is 7.90. The smallest absolute Gasteiger partial charge is 0.326 e. The van der Waals surface area contributed by atoms with Crippen molar-refractivity contribution >= 4 is 34.9 Å². The third-order valence-corrected chi connectivity index (χ3v) is 4.94. The number of nitrogens with one attached hydrogen (secondary N) is 2. The van der Waals surface area contributed by atoms with Crippen LogP contribution < -0.4 is 15.4 Å². The Morgan fingerprint density at radius 3 is 2.48 bits per heavy atom. The molecule has 2 N–H and O–H groups in total. The van der Waals surface area contributed by atoms with Crippen LogP contribution in [0.3, 0.4) is 0 Å². The van der Waals surface area contributed by atoms with E-state index in [0.29, 0.717) is 17.2 Å². The zero-order valence-electron chi connectivity index (χ0n) is 16.3. The van der Waals surface area contributed by atoms with Crippen LogP contribution in [0.4, 0.5) is 0 Å². The fourth-order valence-electron chi connectivity index (χ4n) is 2.39. The fraction of sp³-hybridized carbons (Fsp3) is 0.300. The summed E-state index contributed by atoms with van der Waals surface area (Å²) in [5.41, 5.74) is 0.289. The van der Waals surface area contributed by atoms with Gasteiger partial charge in [-0.1, -0.05) is 12.1 Å². The van der Waals surface area contributed by atoms with Crippen LogP contribution in [0.15, 0.2) is 36.4 Å². The summed E-state index contributed by atoms with van der Waals surface area (Å²) in [6, 6.07) is 9.96. The number of hydrogen-bond donors (Lipinski definition) is 2. The van der Waals surface area contributed by atoms with Crippen molar-refractivity contribution in [1.82, 2.24) is 10.6 Å². The molecule has 0 saturated carbocycles. The van der Waals surface area contributed by atoms with Crippen LogP contribution in [0.1, 0.15) is 38.8 Å². The van der Waals surface area contributed by atoms with Crippen molar-refractivity contribution in [3.8, 4) is 5.75 Å². The number of esters is 1. The van der Waals surface area contributed by atoms with Crippen molar-refractivity contribution in [3.63, 3.8) is 0 Å². The Morgan fingerprint density at radius 1 is 1.07 bits per heavy atom. The number of ketones is 1. The molecule has 2 aromatic rings. The molecular formula is C20H22N2O6S. The predicted molar refractivity (Wildman–Crippen MR) is 107 cm³/mol. The lowest BCUT2D eigenvalue weighted by Crippen LogP contribution is -2.34. The lowest BCUT2D eigenvalue weighted by molar-refractivity contribution is -0.145. The van der Waals surface area contributed by atoms with E-state index in [-0.39, 0.29) is 23.8 Å². The highest BCUT2D eigenvalue weighted by Gasteiger charge is 2.22. The molecular weight excluding hydrogens is 396 g/mol. The van der Waals surface area contributed by atoms with Crippen LogP contribution in [0.5, 0.6) is 5.75 Å². The number of carbonyl (C=O) groups is 4. The number of ether oxygens (including phenoxy) is 2. The summed E-state index contributed by atoms with van der Waals surface area (Å²) in [6.45, 7) is 2.83. The molecule has 0 aliphatic heterocycles. The Bertz CT molecular complexity index is 908. The van der Waals surface area contributed by atoms with Crippen LogP contribution in [0.25, 0.3) is 0 Å². The van der Waals surface area contributed by atoms with Crippen molar-refractivity contribution in [2.75, 3.05) is 13.7 Å². The van der Waals surface area contributed by atoms with Crippen molar-refractivity contribution in [2.45, 2.75) is 26.5 Å². The molecule has 0 aliphatic carbocycles. The van der Waals surface area contributed by atoms with Crippen LogP contribution >= 0.6 is 11.3 Å².